The van der Waals surface area contributed by atoms with E-state index in [0.717, 1.165) is 35.5 Å². The summed E-state index contributed by atoms with van der Waals surface area (Å²) in [4.78, 5) is 11.2. The zero-order chi connectivity index (χ0) is 18.2. The lowest BCUT2D eigenvalue weighted by molar-refractivity contribution is 0.573. The highest BCUT2D eigenvalue weighted by Crippen LogP contribution is 2.18. The Kier molecular flexibility index (Phi) is 9.14. The predicted molar refractivity (Wildman–Crippen MR) is 124 cm³/mol. The summed E-state index contributed by atoms with van der Waals surface area (Å²) in [7, 11) is 1.78. The fraction of sp³-hybridized carbons (Fsp3) is 0.400. The molecule has 1 aromatic carbocycles. The molecule has 0 atom stereocenters. The molecule has 1 fully saturated rings. The molecule has 0 spiro atoms. The van der Waals surface area contributed by atoms with Gasteiger partial charge in [-0.05, 0) is 54.7 Å². The first-order valence-electron chi connectivity index (χ1n) is 9.13. The van der Waals surface area contributed by atoms with Gasteiger partial charge in [-0.15, -0.1) is 24.0 Å². The maximum atomic E-state index is 5.92. The summed E-state index contributed by atoms with van der Waals surface area (Å²) in [6.07, 6.45) is 5.73. The molecule has 27 heavy (non-hydrogen) atoms. The van der Waals surface area contributed by atoms with E-state index in [4.69, 9.17) is 11.6 Å². The van der Waals surface area contributed by atoms with Crippen LogP contribution >= 0.6 is 35.6 Å². The Labute approximate surface area is 183 Å². The van der Waals surface area contributed by atoms with Crippen LogP contribution in [0.5, 0.6) is 0 Å². The van der Waals surface area contributed by atoms with Crippen LogP contribution in [0.4, 0.5) is 5.82 Å². The molecule has 2 aromatic rings. The highest BCUT2D eigenvalue weighted by Gasteiger charge is 2.12. The molecule has 2 heterocycles. The summed E-state index contributed by atoms with van der Waals surface area (Å²) in [5.74, 6) is 1.85. The molecule has 1 saturated heterocycles. The average molecular weight is 500 g/mol. The van der Waals surface area contributed by atoms with E-state index in [2.05, 4.69) is 31.6 Å². The largest absolute Gasteiger partial charge is 0.357 e. The van der Waals surface area contributed by atoms with Crippen LogP contribution in [0.3, 0.4) is 0 Å². The standard InChI is InChI=1S/C20H26ClN5.HI/c1-22-20(24-14-16-5-7-18(21)8-6-16)25-15-17-9-10-23-19(13-17)26-11-3-2-4-12-26;/h5-10,13H,2-4,11-12,14-15H2,1H3,(H2,22,24,25);1H. The summed E-state index contributed by atoms with van der Waals surface area (Å²) in [6.45, 7) is 3.62. The number of rotatable bonds is 5. The third-order valence-corrected chi connectivity index (χ3v) is 4.80. The molecule has 7 heteroatoms. The van der Waals surface area contributed by atoms with Crippen molar-refractivity contribution in [3.63, 3.8) is 0 Å². The number of guanidine groups is 1. The molecule has 0 aliphatic carbocycles. The third kappa shape index (κ3) is 6.84. The molecular weight excluding hydrogens is 473 g/mol. The van der Waals surface area contributed by atoms with Gasteiger partial charge in [0, 0.05) is 44.4 Å². The van der Waals surface area contributed by atoms with E-state index in [9.17, 15) is 0 Å². The fourth-order valence-electron chi connectivity index (χ4n) is 3.06. The van der Waals surface area contributed by atoms with Gasteiger partial charge in [0.2, 0.25) is 0 Å². The van der Waals surface area contributed by atoms with E-state index in [1.807, 2.05) is 36.5 Å². The second-order valence-electron chi connectivity index (χ2n) is 6.48. The minimum atomic E-state index is 0. The smallest absolute Gasteiger partial charge is 0.191 e. The van der Waals surface area contributed by atoms with Crippen molar-refractivity contribution in [2.24, 2.45) is 4.99 Å². The summed E-state index contributed by atoms with van der Waals surface area (Å²) in [5.41, 5.74) is 2.36. The average Bonchev–Trinajstić information content (AvgIpc) is 2.70. The lowest BCUT2D eigenvalue weighted by Gasteiger charge is -2.28. The zero-order valence-electron chi connectivity index (χ0n) is 15.6. The van der Waals surface area contributed by atoms with Crippen molar-refractivity contribution < 1.29 is 0 Å². The number of halogens is 2. The first-order chi connectivity index (χ1) is 12.7. The molecule has 0 radical (unpaired) electrons. The number of aliphatic imine (C=N–C) groups is 1. The number of nitrogens with zero attached hydrogens (tertiary/aromatic N) is 3. The van der Waals surface area contributed by atoms with Gasteiger partial charge in [0.25, 0.3) is 0 Å². The van der Waals surface area contributed by atoms with Gasteiger partial charge in [-0.1, -0.05) is 23.7 Å². The van der Waals surface area contributed by atoms with Gasteiger partial charge in [-0.25, -0.2) is 4.98 Å². The monoisotopic (exact) mass is 499 g/mol. The highest BCUT2D eigenvalue weighted by molar-refractivity contribution is 14.0. The molecule has 0 saturated carbocycles. The molecule has 1 aliphatic rings. The number of hydrogen-bond acceptors (Lipinski definition) is 3. The van der Waals surface area contributed by atoms with Gasteiger partial charge in [-0.3, -0.25) is 4.99 Å². The Balaban J connectivity index is 0.00000261. The van der Waals surface area contributed by atoms with Crippen molar-refractivity contribution >= 4 is 47.4 Å². The van der Waals surface area contributed by atoms with E-state index < -0.39 is 0 Å². The molecule has 2 N–H and O–H groups in total. The Morgan fingerprint density at radius 2 is 1.70 bits per heavy atom. The molecule has 146 valence electrons. The topological polar surface area (TPSA) is 52.6 Å². The van der Waals surface area contributed by atoms with Crippen LogP contribution < -0.4 is 15.5 Å². The number of hydrogen-bond donors (Lipinski definition) is 2. The minimum absolute atomic E-state index is 0. The van der Waals surface area contributed by atoms with Crippen molar-refractivity contribution in [1.29, 1.82) is 0 Å². The van der Waals surface area contributed by atoms with Gasteiger partial charge >= 0.3 is 0 Å². The van der Waals surface area contributed by atoms with Crippen LogP contribution in [0.15, 0.2) is 47.6 Å². The molecule has 0 amide bonds. The van der Waals surface area contributed by atoms with Crippen LogP contribution in [-0.2, 0) is 13.1 Å². The number of aromatic nitrogens is 1. The number of anilines is 1. The van der Waals surface area contributed by atoms with Crippen molar-refractivity contribution in [3.8, 4) is 0 Å². The van der Waals surface area contributed by atoms with Gasteiger partial charge in [0.1, 0.15) is 5.82 Å². The van der Waals surface area contributed by atoms with E-state index >= 15 is 0 Å². The van der Waals surface area contributed by atoms with Gasteiger partial charge in [-0.2, -0.15) is 0 Å². The van der Waals surface area contributed by atoms with Gasteiger partial charge < -0.3 is 15.5 Å². The van der Waals surface area contributed by atoms with Crippen LogP contribution in [0, 0.1) is 0 Å². The predicted octanol–water partition coefficient (Wildman–Crippen LogP) is 4.21. The number of benzene rings is 1. The lowest BCUT2D eigenvalue weighted by Crippen LogP contribution is -2.36. The van der Waals surface area contributed by atoms with Crippen molar-refractivity contribution in [3.05, 3.63) is 58.7 Å². The van der Waals surface area contributed by atoms with Crippen LogP contribution in [-0.4, -0.2) is 31.1 Å². The summed E-state index contributed by atoms with van der Waals surface area (Å²) >= 11 is 5.92. The second kappa shape index (κ2) is 11.3. The van der Waals surface area contributed by atoms with Crippen LogP contribution in [0.1, 0.15) is 30.4 Å². The third-order valence-electron chi connectivity index (χ3n) is 4.55. The van der Waals surface area contributed by atoms with Crippen LogP contribution in [0.25, 0.3) is 0 Å². The normalized spacial score (nSPS) is 14.4. The summed E-state index contributed by atoms with van der Waals surface area (Å²) in [6, 6.07) is 12.0. The SMILES string of the molecule is CN=C(NCc1ccc(Cl)cc1)NCc1ccnc(N2CCCCC2)c1.I. The molecule has 5 nitrogen and oxygen atoms in total. The van der Waals surface area contributed by atoms with Crippen LogP contribution in [0.2, 0.25) is 5.02 Å². The summed E-state index contributed by atoms with van der Waals surface area (Å²) in [5, 5.41) is 7.44. The Hall–Kier alpha value is -1.54. The Bertz CT molecular complexity index is 729. The van der Waals surface area contributed by atoms with Crippen molar-refractivity contribution in [2.75, 3.05) is 25.0 Å². The zero-order valence-corrected chi connectivity index (χ0v) is 18.7. The van der Waals surface area contributed by atoms with Crippen molar-refractivity contribution in [1.82, 2.24) is 15.6 Å². The van der Waals surface area contributed by atoms with E-state index in [1.54, 1.807) is 7.05 Å². The quantitative estimate of drug-likeness (QED) is 0.368. The minimum Gasteiger partial charge on any atom is -0.357 e. The molecule has 3 rings (SSSR count). The number of nitrogens with one attached hydrogen (secondary N) is 2. The fourth-order valence-corrected chi connectivity index (χ4v) is 3.19. The first kappa shape index (κ1) is 21.8. The van der Waals surface area contributed by atoms with E-state index in [0.29, 0.717) is 13.1 Å². The first-order valence-corrected chi connectivity index (χ1v) is 9.51. The highest BCUT2D eigenvalue weighted by atomic mass is 127. The molecule has 0 unspecified atom stereocenters. The lowest BCUT2D eigenvalue weighted by atomic mass is 10.1. The van der Waals surface area contributed by atoms with E-state index in [1.165, 1.54) is 24.8 Å². The molecule has 1 aromatic heterocycles. The van der Waals surface area contributed by atoms with Gasteiger partial charge in [0.05, 0.1) is 0 Å². The Morgan fingerprint density at radius 3 is 2.37 bits per heavy atom. The maximum Gasteiger partial charge on any atom is 0.191 e. The van der Waals surface area contributed by atoms with Gasteiger partial charge in [0.15, 0.2) is 5.96 Å². The van der Waals surface area contributed by atoms with E-state index in [-0.39, 0.29) is 24.0 Å². The summed E-state index contributed by atoms with van der Waals surface area (Å²) < 4.78 is 0. The number of pyridine rings is 1. The van der Waals surface area contributed by atoms with Crippen molar-refractivity contribution in [2.45, 2.75) is 32.4 Å². The molecular formula is C20H27ClIN5. The second-order valence-corrected chi connectivity index (χ2v) is 6.91. The number of piperidine rings is 1. The Morgan fingerprint density at radius 1 is 1.04 bits per heavy atom. The maximum absolute atomic E-state index is 5.92. The molecule has 1 aliphatic heterocycles. The molecule has 0 bridgehead atoms.